The molecule has 3 N–H and O–H groups in total. The lowest BCUT2D eigenvalue weighted by Crippen LogP contribution is -2.02. The monoisotopic (exact) mass is 389 g/mol. The molecule has 0 heterocycles. The van der Waals surface area contributed by atoms with Crippen LogP contribution < -0.4 is 5.73 Å². The quantitative estimate of drug-likeness (QED) is 0.572. The number of hydrogen-bond acceptors (Lipinski definition) is 2. The Labute approximate surface area is 96.6 Å². The van der Waals surface area contributed by atoms with Crippen molar-refractivity contribution in [1.82, 2.24) is 0 Å². The van der Waals surface area contributed by atoms with Gasteiger partial charge in [0.15, 0.2) is 0 Å². The molecule has 3 nitrogen and oxygen atoms in total. The predicted octanol–water partition coefficient (Wildman–Crippen LogP) is 2.18. The number of benzene rings is 1. The van der Waals surface area contributed by atoms with Gasteiger partial charge in [0, 0.05) is 12.8 Å². The van der Waals surface area contributed by atoms with Gasteiger partial charge >= 0.3 is 5.97 Å². The molecule has 1 aromatic carbocycles. The Morgan fingerprint density at radius 2 is 1.92 bits per heavy atom. The third-order valence-corrected chi connectivity index (χ3v) is 3.14. The highest BCUT2D eigenvalue weighted by atomic mass is 127. The average molecular weight is 389 g/mol. The van der Waals surface area contributed by atoms with Crippen molar-refractivity contribution in [2.24, 2.45) is 0 Å². The maximum atomic E-state index is 10.6. The van der Waals surface area contributed by atoms with Crippen LogP contribution in [0.15, 0.2) is 12.1 Å². The van der Waals surface area contributed by atoms with Crippen LogP contribution in [-0.2, 0) is 0 Å². The van der Waals surface area contributed by atoms with Crippen LogP contribution in [-0.4, -0.2) is 11.1 Å². The number of carboxylic acid groups (broad SMARTS) is 1. The van der Waals surface area contributed by atoms with Gasteiger partial charge in [0.05, 0.1) is 5.56 Å². The Kier molecular flexibility index (Phi) is 3.16. The van der Waals surface area contributed by atoms with E-state index in [0.29, 0.717) is 14.8 Å². The van der Waals surface area contributed by atoms with E-state index in [4.69, 9.17) is 10.8 Å². The number of nitrogens with two attached hydrogens (primary N) is 1. The lowest BCUT2D eigenvalue weighted by atomic mass is 10.2. The molecule has 1 aromatic rings. The topological polar surface area (TPSA) is 63.3 Å². The van der Waals surface area contributed by atoms with Gasteiger partial charge in [-0.3, -0.25) is 0 Å². The molecule has 0 saturated heterocycles. The summed E-state index contributed by atoms with van der Waals surface area (Å²) < 4.78 is 1.43. The van der Waals surface area contributed by atoms with Gasteiger partial charge < -0.3 is 10.8 Å². The van der Waals surface area contributed by atoms with Crippen LogP contribution in [0.2, 0.25) is 0 Å². The summed E-state index contributed by atoms with van der Waals surface area (Å²) >= 11 is 3.96. The number of halogens is 2. The molecule has 0 atom stereocenters. The van der Waals surface area contributed by atoms with Crippen molar-refractivity contribution in [3.63, 3.8) is 0 Å². The number of anilines is 1. The molecule has 0 aliphatic rings. The Bertz CT molecular complexity index is 338. The van der Waals surface area contributed by atoms with Crippen molar-refractivity contribution in [1.29, 1.82) is 0 Å². The van der Waals surface area contributed by atoms with Crippen molar-refractivity contribution < 1.29 is 9.90 Å². The van der Waals surface area contributed by atoms with E-state index >= 15 is 0 Å². The van der Waals surface area contributed by atoms with E-state index in [9.17, 15) is 4.79 Å². The molecular weight excluding hydrogens is 384 g/mol. The second-order valence-electron chi connectivity index (χ2n) is 2.16. The van der Waals surface area contributed by atoms with E-state index in [2.05, 4.69) is 0 Å². The van der Waals surface area contributed by atoms with Gasteiger partial charge in [-0.1, -0.05) is 0 Å². The third kappa shape index (κ3) is 2.00. The summed E-state index contributed by atoms with van der Waals surface area (Å²) in [6, 6.07) is 3.23. The van der Waals surface area contributed by atoms with Crippen LogP contribution in [0.25, 0.3) is 0 Å². The van der Waals surface area contributed by atoms with Crippen molar-refractivity contribution in [3.05, 3.63) is 24.8 Å². The smallest absolute Gasteiger partial charge is 0.336 e. The number of aromatic carboxylic acids is 1. The van der Waals surface area contributed by atoms with E-state index < -0.39 is 5.97 Å². The molecule has 1 rings (SSSR count). The fourth-order valence-electron chi connectivity index (χ4n) is 0.726. The van der Waals surface area contributed by atoms with Crippen molar-refractivity contribution >= 4 is 56.8 Å². The van der Waals surface area contributed by atoms with Gasteiger partial charge in [0.1, 0.15) is 0 Å². The molecule has 12 heavy (non-hydrogen) atoms. The summed E-state index contributed by atoms with van der Waals surface area (Å²) in [5, 5.41) is 8.73. The number of nitrogen functional groups attached to an aromatic ring is 1. The van der Waals surface area contributed by atoms with Gasteiger partial charge in [0.25, 0.3) is 0 Å². The van der Waals surface area contributed by atoms with Crippen LogP contribution in [0.1, 0.15) is 10.4 Å². The first kappa shape index (κ1) is 10.0. The summed E-state index contributed by atoms with van der Waals surface area (Å²) in [6.07, 6.45) is 0. The zero-order valence-corrected chi connectivity index (χ0v) is 10.2. The Morgan fingerprint density at radius 3 is 2.42 bits per heavy atom. The fraction of sp³-hybridized carbons (Fsp3) is 0. The van der Waals surface area contributed by atoms with Gasteiger partial charge in [-0.25, -0.2) is 4.79 Å². The number of carbonyl (C=O) groups is 1. The molecule has 0 radical (unpaired) electrons. The SMILES string of the molecule is Nc1cc(I)c(C(=O)O)cc1I. The van der Waals surface area contributed by atoms with Crippen LogP contribution in [0, 0.1) is 7.14 Å². The zero-order chi connectivity index (χ0) is 9.30. The minimum Gasteiger partial charge on any atom is -0.478 e. The van der Waals surface area contributed by atoms with Gasteiger partial charge in [-0.05, 0) is 57.3 Å². The highest BCUT2D eigenvalue weighted by Crippen LogP contribution is 2.22. The normalized spacial score (nSPS) is 9.83. The highest BCUT2D eigenvalue weighted by molar-refractivity contribution is 14.1. The summed E-state index contributed by atoms with van der Waals surface area (Å²) in [6.45, 7) is 0. The minimum atomic E-state index is -0.919. The molecule has 0 bridgehead atoms. The van der Waals surface area contributed by atoms with E-state index in [1.54, 1.807) is 12.1 Å². The number of carboxylic acids is 1. The molecule has 0 amide bonds. The summed E-state index contributed by atoms with van der Waals surface area (Å²) in [5.74, 6) is -0.919. The zero-order valence-electron chi connectivity index (χ0n) is 5.84. The summed E-state index contributed by atoms with van der Waals surface area (Å²) in [5.41, 5.74) is 6.50. The van der Waals surface area contributed by atoms with E-state index in [1.165, 1.54) is 0 Å². The van der Waals surface area contributed by atoms with Gasteiger partial charge in [-0.15, -0.1) is 0 Å². The maximum Gasteiger partial charge on any atom is 0.336 e. The molecule has 0 unspecified atom stereocenters. The second kappa shape index (κ2) is 3.77. The lowest BCUT2D eigenvalue weighted by molar-refractivity contribution is 0.0695. The third-order valence-electron chi connectivity index (χ3n) is 1.32. The maximum absolute atomic E-state index is 10.6. The van der Waals surface area contributed by atoms with E-state index in [-0.39, 0.29) is 0 Å². The Hall–Kier alpha value is -0.0500. The van der Waals surface area contributed by atoms with Gasteiger partial charge in [0.2, 0.25) is 0 Å². The fourth-order valence-corrected chi connectivity index (χ4v) is 1.92. The van der Waals surface area contributed by atoms with E-state index in [1.807, 2.05) is 45.2 Å². The molecule has 0 spiro atoms. The predicted molar refractivity (Wildman–Crippen MR) is 63.2 cm³/mol. The molecule has 0 aromatic heterocycles. The molecule has 0 aliphatic carbocycles. The number of hydrogen-bond donors (Lipinski definition) is 2. The van der Waals surface area contributed by atoms with E-state index in [0.717, 1.165) is 3.57 Å². The Morgan fingerprint density at radius 1 is 1.33 bits per heavy atom. The average Bonchev–Trinajstić information content (AvgIpc) is 1.96. The summed E-state index contributed by atoms with van der Waals surface area (Å²) in [4.78, 5) is 10.6. The Balaban J connectivity index is 3.33. The van der Waals surface area contributed by atoms with Gasteiger partial charge in [-0.2, -0.15) is 0 Å². The van der Waals surface area contributed by atoms with Crippen LogP contribution in [0.4, 0.5) is 5.69 Å². The van der Waals surface area contributed by atoms with Crippen molar-refractivity contribution in [2.75, 3.05) is 5.73 Å². The molecule has 0 aliphatic heterocycles. The largest absolute Gasteiger partial charge is 0.478 e. The van der Waals surface area contributed by atoms with Crippen LogP contribution >= 0.6 is 45.2 Å². The highest BCUT2D eigenvalue weighted by Gasteiger charge is 2.10. The molecule has 5 heteroatoms. The second-order valence-corrected chi connectivity index (χ2v) is 4.48. The molecule has 0 fully saturated rings. The van der Waals surface area contributed by atoms with Crippen LogP contribution in [0.3, 0.4) is 0 Å². The minimum absolute atomic E-state index is 0.300. The summed E-state index contributed by atoms with van der Waals surface area (Å²) in [7, 11) is 0. The standard InChI is InChI=1S/C7H5I2NO2/c8-4-2-6(10)5(9)1-3(4)7(11)12/h1-2H,10H2,(H,11,12). The molecule has 0 saturated carbocycles. The van der Waals surface area contributed by atoms with Crippen molar-refractivity contribution in [3.8, 4) is 0 Å². The first-order chi connectivity index (χ1) is 5.52. The lowest BCUT2D eigenvalue weighted by Gasteiger charge is -2.02. The van der Waals surface area contributed by atoms with Crippen molar-refractivity contribution in [2.45, 2.75) is 0 Å². The first-order valence-corrected chi connectivity index (χ1v) is 5.16. The molecule has 64 valence electrons. The number of rotatable bonds is 1. The molecular formula is C7H5I2NO2. The first-order valence-electron chi connectivity index (χ1n) is 3.00. The van der Waals surface area contributed by atoms with Crippen LogP contribution in [0.5, 0.6) is 0 Å².